The Labute approximate surface area is 149 Å². The van der Waals surface area contributed by atoms with E-state index >= 15 is 0 Å². The van der Waals surface area contributed by atoms with Crippen LogP contribution in [0.3, 0.4) is 0 Å². The number of likely N-dealkylation sites (N-methyl/N-ethyl adjacent to an activating group) is 1. The van der Waals surface area contributed by atoms with Crippen LogP contribution in [0.4, 0.5) is 9.18 Å². The summed E-state index contributed by atoms with van der Waals surface area (Å²) in [5.41, 5.74) is 0.687. The van der Waals surface area contributed by atoms with Gasteiger partial charge in [-0.1, -0.05) is 38.3 Å². The summed E-state index contributed by atoms with van der Waals surface area (Å²) in [6.07, 6.45) is 5.78. The van der Waals surface area contributed by atoms with Gasteiger partial charge >= 0.3 is 6.03 Å². The number of carbonyl (C=O) groups excluding carboxylic acids is 1. The molecule has 25 heavy (non-hydrogen) atoms. The number of aliphatic hydroxyl groups excluding tert-OH is 1. The molecule has 140 valence electrons. The maximum absolute atomic E-state index is 13.0. The zero-order valence-corrected chi connectivity index (χ0v) is 15.2. The monoisotopic (exact) mass is 351 g/mol. The third kappa shape index (κ3) is 5.16. The fourth-order valence-electron chi connectivity index (χ4n) is 3.62. The summed E-state index contributed by atoms with van der Waals surface area (Å²) in [6, 6.07) is 4.94. The molecule has 1 aliphatic carbocycles. The van der Waals surface area contributed by atoms with Gasteiger partial charge in [-0.25, -0.2) is 9.18 Å². The number of hydrogen-bond donors (Lipinski definition) is 3. The van der Waals surface area contributed by atoms with Crippen molar-refractivity contribution in [3.8, 4) is 0 Å². The normalized spacial score (nSPS) is 18.0. The molecule has 2 rings (SSSR count). The Kier molecular flexibility index (Phi) is 7.20. The molecule has 0 bridgehead atoms. The van der Waals surface area contributed by atoms with Crippen LogP contribution in [0.15, 0.2) is 24.3 Å². The largest absolute Gasteiger partial charge is 0.394 e. The third-order valence-corrected chi connectivity index (χ3v) is 5.41. The van der Waals surface area contributed by atoms with Gasteiger partial charge in [0.15, 0.2) is 0 Å². The SMILES string of the molecule is CCN(C)C1(CNC(=O)NC(CO)c2ccc(F)cc2)CCCCC1. The zero-order valence-electron chi connectivity index (χ0n) is 15.2. The van der Waals surface area contributed by atoms with Gasteiger partial charge in [0.1, 0.15) is 5.82 Å². The summed E-state index contributed by atoms with van der Waals surface area (Å²) in [6.45, 7) is 3.43. The summed E-state index contributed by atoms with van der Waals surface area (Å²) in [4.78, 5) is 14.7. The summed E-state index contributed by atoms with van der Waals surface area (Å²) in [5.74, 6) is -0.341. The molecule has 1 unspecified atom stereocenters. The Bertz CT molecular complexity index is 544. The van der Waals surface area contributed by atoms with Crippen molar-refractivity contribution < 1.29 is 14.3 Å². The molecule has 1 fully saturated rings. The molecule has 0 aromatic heterocycles. The second-order valence-corrected chi connectivity index (χ2v) is 6.91. The lowest BCUT2D eigenvalue weighted by molar-refractivity contribution is 0.0808. The van der Waals surface area contributed by atoms with Crippen LogP contribution in [0.1, 0.15) is 50.6 Å². The van der Waals surface area contributed by atoms with Gasteiger partial charge in [-0.05, 0) is 44.1 Å². The van der Waals surface area contributed by atoms with Crippen molar-refractivity contribution in [1.82, 2.24) is 15.5 Å². The van der Waals surface area contributed by atoms with E-state index in [1.54, 1.807) is 12.1 Å². The van der Waals surface area contributed by atoms with Crippen LogP contribution in [0.2, 0.25) is 0 Å². The number of nitrogens with zero attached hydrogens (tertiary/aromatic N) is 1. The van der Waals surface area contributed by atoms with Crippen molar-refractivity contribution in [3.63, 3.8) is 0 Å². The van der Waals surface area contributed by atoms with Gasteiger partial charge in [-0.3, -0.25) is 4.90 Å². The standard InChI is InChI=1S/C19H30FN3O2/c1-3-23(2)19(11-5-4-6-12-19)14-21-18(25)22-17(13-24)15-7-9-16(20)10-8-15/h7-10,17,24H,3-6,11-14H2,1-2H3,(H2,21,22,25). The number of halogens is 1. The second-order valence-electron chi connectivity index (χ2n) is 6.91. The summed E-state index contributed by atoms with van der Waals surface area (Å²) in [5, 5.41) is 15.3. The Morgan fingerprint density at radius 1 is 1.28 bits per heavy atom. The topological polar surface area (TPSA) is 64.6 Å². The molecular formula is C19H30FN3O2. The van der Waals surface area contributed by atoms with Crippen molar-refractivity contribution in [2.45, 2.75) is 50.6 Å². The Balaban J connectivity index is 1.94. The third-order valence-electron chi connectivity index (χ3n) is 5.41. The number of rotatable bonds is 7. The molecule has 1 atom stereocenters. The maximum atomic E-state index is 13.0. The van der Waals surface area contributed by atoms with Gasteiger partial charge in [0.05, 0.1) is 12.6 Å². The quantitative estimate of drug-likeness (QED) is 0.708. The number of benzene rings is 1. The Morgan fingerprint density at radius 2 is 1.92 bits per heavy atom. The molecule has 1 aliphatic rings. The summed E-state index contributed by atoms with van der Waals surface area (Å²) < 4.78 is 13.0. The van der Waals surface area contributed by atoms with Gasteiger partial charge in [0, 0.05) is 12.1 Å². The molecule has 0 spiro atoms. The van der Waals surface area contributed by atoms with Crippen LogP contribution in [-0.2, 0) is 0 Å². The molecule has 2 amide bonds. The smallest absolute Gasteiger partial charge is 0.315 e. The molecule has 0 saturated heterocycles. The molecule has 6 heteroatoms. The van der Waals surface area contributed by atoms with Crippen LogP contribution in [0.25, 0.3) is 0 Å². The summed E-state index contributed by atoms with van der Waals surface area (Å²) in [7, 11) is 2.11. The van der Waals surface area contributed by atoms with Crippen LogP contribution in [0.5, 0.6) is 0 Å². The molecule has 1 saturated carbocycles. The van der Waals surface area contributed by atoms with Gasteiger partial charge < -0.3 is 15.7 Å². The van der Waals surface area contributed by atoms with Crippen molar-refractivity contribution in [2.75, 3.05) is 26.7 Å². The molecule has 0 aliphatic heterocycles. The molecule has 5 nitrogen and oxygen atoms in total. The minimum Gasteiger partial charge on any atom is -0.394 e. The number of nitrogens with one attached hydrogen (secondary N) is 2. The van der Waals surface area contributed by atoms with E-state index in [1.165, 1.54) is 31.4 Å². The van der Waals surface area contributed by atoms with E-state index in [2.05, 4.69) is 29.5 Å². The molecule has 0 heterocycles. The van der Waals surface area contributed by atoms with Gasteiger partial charge in [-0.2, -0.15) is 0 Å². The number of carbonyl (C=O) groups is 1. The molecule has 3 N–H and O–H groups in total. The average molecular weight is 351 g/mol. The Hall–Kier alpha value is -1.66. The second kappa shape index (κ2) is 9.15. The van der Waals surface area contributed by atoms with Crippen molar-refractivity contribution in [3.05, 3.63) is 35.6 Å². The van der Waals surface area contributed by atoms with Crippen molar-refractivity contribution >= 4 is 6.03 Å². The van der Waals surface area contributed by atoms with Gasteiger partial charge in [0.25, 0.3) is 0 Å². The van der Waals surface area contributed by atoms with E-state index in [1.807, 2.05) is 0 Å². The predicted octanol–water partition coefficient (Wildman–Crippen LogP) is 2.81. The lowest BCUT2D eigenvalue weighted by atomic mass is 9.80. The number of amides is 2. The Morgan fingerprint density at radius 3 is 2.48 bits per heavy atom. The fourth-order valence-corrected chi connectivity index (χ4v) is 3.62. The zero-order chi connectivity index (χ0) is 18.3. The first-order valence-corrected chi connectivity index (χ1v) is 9.12. The fraction of sp³-hybridized carbons (Fsp3) is 0.632. The van der Waals surface area contributed by atoms with Crippen molar-refractivity contribution in [1.29, 1.82) is 0 Å². The van der Waals surface area contributed by atoms with Gasteiger partial charge in [0.2, 0.25) is 0 Å². The maximum Gasteiger partial charge on any atom is 0.315 e. The van der Waals surface area contributed by atoms with Gasteiger partial charge in [-0.15, -0.1) is 0 Å². The average Bonchev–Trinajstić information content (AvgIpc) is 2.65. The predicted molar refractivity (Wildman–Crippen MR) is 96.9 cm³/mol. The van der Waals surface area contributed by atoms with E-state index in [9.17, 15) is 14.3 Å². The number of urea groups is 1. The number of hydrogen-bond acceptors (Lipinski definition) is 3. The van der Waals surface area contributed by atoms with E-state index < -0.39 is 6.04 Å². The molecular weight excluding hydrogens is 321 g/mol. The lowest BCUT2D eigenvalue weighted by Gasteiger charge is -2.44. The first-order valence-electron chi connectivity index (χ1n) is 9.12. The number of aliphatic hydroxyl groups is 1. The highest BCUT2D eigenvalue weighted by molar-refractivity contribution is 5.74. The van der Waals surface area contributed by atoms with Crippen molar-refractivity contribution in [2.24, 2.45) is 0 Å². The molecule has 0 radical (unpaired) electrons. The molecule has 1 aromatic rings. The van der Waals surface area contributed by atoms with Crippen LogP contribution in [0, 0.1) is 5.82 Å². The first-order chi connectivity index (χ1) is 12.0. The van der Waals surface area contributed by atoms with E-state index in [-0.39, 0.29) is 24.0 Å². The minimum atomic E-state index is -0.549. The highest BCUT2D eigenvalue weighted by atomic mass is 19.1. The minimum absolute atomic E-state index is 0.00886. The summed E-state index contributed by atoms with van der Waals surface area (Å²) >= 11 is 0. The van der Waals surface area contributed by atoms with E-state index in [0.717, 1.165) is 19.4 Å². The van der Waals surface area contributed by atoms with Crippen LogP contribution < -0.4 is 10.6 Å². The van der Waals surface area contributed by atoms with E-state index in [0.29, 0.717) is 12.1 Å². The first kappa shape index (κ1) is 19.7. The van der Waals surface area contributed by atoms with E-state index in [4.69, 9.17) is 0 Å². The highest BCUT2D eigenvalue weighted by Crippen LogP contribution is 2.32. The van der Waals surface area contributed by atoms with Crippen LogP contribution >= 0.6 is 0 Å². The lowest BCUT2D eigenvalue weighted by Crippen LogP contribution is -2.56. The highest BCUT2D eigenvalue weighted by Gasteiger charge is 2.35. The van der Waals surface area contributed by atoms with Crippen LogP contribution in [-0.4, -0.2) is 48.3 Å². The molecule has 1 aromatic carbocycles.